The SMILES string of the molecule is C=C.CC(C(F)F)C(NC(=O)c1ccc(C#CC(F)F)cc1)C(N)=O. The Morgan fingerprint density at radius 2 is 1.64 bits per heavy atom. The van der Waals surface area contributed by atoms with E-state index in [1.165, 1.54) is 24.3 Å². The zero-order valence-corrected chi connectivity index (χ0v) is 13.4. The van der Waals surface area contributed by atoms with Gasteiger partial charge in [0.15, 0.2) is 0 Å². The van der Waals surface area contributed by atoms with Gasteiger partial charge in [-0.25, -0.2) is 8.78 Å². The molecule has 0 aliphatic heterocycles. The van der Waals surface area contributed by atoms with E-state index >= 15 is 0 Å². The van der Waals surface area contributed by atoms with Gasteiger partial charge < -0.3 is 11.1 Å². The molecule has 1 rings (SSSR count). The molecule has 1 aromatic carbocycles. The predicted octanol–water partition coefficient (Wildman–Crippen LogP) is 2.59. The lowest BCUT2D eigenvalue weighted by Gasteiger charge is -2.21. The molecular weight excluding hydrogens is 340 g/mol. The van der Waals surface area contributed by atoms with Crippen molar-refractivity contribution >= 4 is 11.8 Å². The molecule has 25 heavy (non-hydrogen) atoms. The molecule has 0 aliphatic carbocycles. The molecule has 4 nitrogen and oxygen atoms in total. The summed E-state index contributed by atoms with van der Waals surface area (Å²) in [6.45, 7) is 7.09. The van der Waals surface area contributed by atoms with Gasteiger partial charge in [-0.1, -0.05) is 12.8 Å². The molecule has 0 fully saturated rings. The van der Waals surface area contributed by atoms with Gasteiger partial charge in [-0.05, 0) is 30.2 Å². The van der Waals surface area contributed by atoms with Crippen LogP contribution in [0.1, 0.15) is 22.8 Å². The van der Waals surface area contributed by atoms with Crippen LogP contribution in [-0.2, 0) is 4.79 Å². The first-order valence-corrected chi connectivity index (χ1v) is 7.00. The van der Waals surface area contributed by atoms with Crippen molar-refractivity contribution in [2.45, 2.75) is 25.8 Å². The minimum Gasteiger partial charge on any atom is -0.368 e. The van der Waals surface area contributed by atoms with Crippen molar-refractivity contribution in [2.24, 2.45) is 11.7 Å². The molecule has 8 heteroatoms. The quantitative estimate of drug-likeness (QED) is 0.482. The van der Waals surface area contributed by atoms with Gasteiger partial charge in [0.05, 0.1) is 0 Å². The van der Waals surface area contributed by atoms with Crippen molar-refractivity contribution in [1.29, 1.82) is 0 Å². The second kappa shape index (κ2) is 10.9. The molecule has 1 aromatic rings. The van der Waals surface area contributed by atoms with Gasteiger partial charge in [-0.3, -0.25) is 9.59 Å². The molecular formula is C17H18F4N2O2. The third-order valence-corrected chi connectivity index (χ3v) is 2.99. The number of carbonyl (C=O) groups excluding carboxylic acids is 2. The highest BCUT2D eigenvalue weighted by Crippen LogP contribution is 2.14. The normalized spacial score (nSPS) is 12.3. The van der Waals surface area contributed by atoms with Crippen molar-refractivity contribution in [3.8, 4) is 11.8 Å². The first-order chi connectivity index (χ1) is 11.7. The van der Waals surface area contributed by atoms with Gasteiger partial charge >= 0.3 is 0 Å². The highest BCUT2D eigenvalue weighted by molar-refractivity contribution is 5.97. The van der Waals surface area contributed by atoms with E-state index in [1.54, 1.807) is 5.92 Å². The summed E-state index contributed by atoms with van der Waals surface area (Å²) in [4.78, 5) is 23.1. The Bertz CT molecular complexity index is 636. The number of nitrogens with two attached hydrogens (primary N) is 1. The maximum Gasteiger partial charge on any atom is 0.299 e. The maximum absolute atomic E-state index is 12.7. The fraction of sp³-hybridized carbons (Fsp3) is 0.294. The molecule has 0 spiro atoms. The predicted molar refractivity (Wildman–Crippen MR) is 86.2 cm³/mol. The average Bonchev–Trinajstić information content (AvgIpc) is 2.58. The Balaban J connectivity index is 0.00000277. The van der Waals surface area contributed by atoms with E-state index in [4.69, 9.17) is 5.73 Å². The third kappa shape index (κ3) is 7.52. The second-order valence-electron chi connectivity index (χ2n) is 4.69. The molecule has 2 unspecified atom stereocenters. The number of benzene rings is 1. The van der Waals surface area contributed by atoms with Gasteiger partial charge in [-0.15, -0.1) is 13.2 Å². The van der Waals surface area contributed by atoms with E-state index in [-0.39, 0.29) is 11.1 Å². The monoisotopic (exact) mass is 358 g/mol. The largest absolute Gasteiger partial charge is 0.368 e. The van der Waals surface area contributed by atoms with Crippen molar-refractivity contribution < 1.29 is 27.2 Å². The average molecular weight is 358 g/mol. The summed E-state index contributed by atoms with van der Waals surface area (Å²) in [5, 5.41) is 2.13. The molecule has 0 saturated carbocycles. The number of alkyl halides is 4. The van der Waals surface area contributed by atoms with Crippen LogP contribution in [0.3, 0.4) is 0 Å². The summed E-state index contributed by atoms with van der Waals surface area (Å²) < 4.78 is 49.2. The van der Waals surface area contributed by atoms with Crippen molar-refractivity contribution in [3.63, 3.8) is 0 Å². The number of primary amides is 1. The van der Waals surface area contributed by atoms with Crippen LogP contribution >= 0.6 is 0 Å². The van der Waals surface area contributed by atoms with E-state index in [9.17, 15) is 27.2 Å². The summed E-state index contributed by atoms with van der Waals surface area (Å²) in [6.07, 6.45) is -5.61. The van der Waals surface area contributed by atoms with E-state index in [1.807, 2.05) is 0 Å². The lowest BCUT2D eigenvalue weighted by atomic mass is 10.0. The molecule has 0 heterocycles. The molecule has 0 aliphatic rings. The summed E-state index contributed by atoms with van der Waals surface area (Å²) in [5.74, 6) is 0.542. The number of halogens is 4. The van der Waals surface area contributed by atoms with Crippen LogP contribution in [0.5, 0.6) is 0 Å². The number of rotatable bonds is 5. The molecule has 2 amide bonds. The van der Waals surface area contributed by atoms with Gasteiger partial charge in [-0.2, -0.15) is 8.78 Å². The zero-order chi connectivity index (χ0) is 19.6. The lowest BCUT2D eigenvalue weighted by molar-refractivity contribution is -0.122. The Hall–Kier alpha value is -2.82. The van der Waals surface area contributed by atoms with Crippen LogP contribution < -0.4 is 11.1 Å². The van der Waals surface area contributed by atoms with Gasteiger partial charge in [0, 0.05) is 17.0 Å². The Kier molecular flexibility index (Phi) is 9.64. The lowest BCUT2D eigenvalue weighted by Crippen LogP contribution is -2.50. The fourth-order valence-electron chi connectivity index (χ4n) is 1.67. The molecule has 136 valence electrons. The number of carbonyl (C=O) groups is 2. The molecule has 3 N–H and O–H groups in total. The van der Waals surface area contributed by atoms with Crippen LogP contribution in [-0.4, -0.2) is 30.7 Å². The van der Waals surface area contributed by atoms with Crippen LogP contribution in [0.15, 0.2) is 37.4 Å². The number of amides is 2. The Labute approximate surface area is 143 Å². The van der Waals surface area contributed by atoms with Crippen LogP contribution in [0.4, 0.5) is 17.6 Å². The fourth-order valence-corrected chi connectivity index (χ4v) is 1.67. The van der Waals surface area contributed by atoms with E-state index in [0.29, 0.717) is 0 Å². The minimum atomic E-state index is -2.83. The summed E-state index contributed by atoms with van der Waals surface area (Å²) in [7, 11) is 0. The topological polar surface area (TPSA) is 72.2 Å². The smallest absolute Gasteiger partial charge is 0.299 e. The molecule has 0 aromatic heterocycles. The number of nitrogens with one attached hydrogen (secondary N) is 1. The first-order valence-electron chi connectivity index (χ1n) is 7.00. The Morgan fingerprint density at radius 3 is 2.04 bits per heavy atom. The van der Waals surface area contributed by atoms with E-state index < -0.39 is 36.6 Å². The Morgan fingerprint density at radius 1 is 1.12 bits per heavy atom. The second-order valence-corrected chi connectivity index (χ2v) is 4.69. The van der Waals surface area contributed by atoms with Crippen molar-refractivity contribution in [2.75, 3.05) is 0 Å². The van der Waals surface area contributed by atoms with E-state index in [2.05, 4.69) is 24.4 Å². The molecule has 0 bridgehead atoms. The summed E-state index contributed by atoms with van der Waals surface area (Å²) >= 11 is 0. The van der Waals surface area contributed by atoms with Crippen molar-refractivity contribution in [1.82, 2.24) is 5.32 Å². The summed E-state index contributed by atoms with van der Waals surface area (Å²) in [5.41, 5.74) is 5.33. The number of hydrogen-bond acceptors (Lipinski definition) is 2. The van der Waals surface area contributed by atoms with Gasteiger partial charge in [0.25, 0.3) is 12.3 Å². The highest BCUT2D eigenvalue weighted by Gasteiger charge is 2.31. The van der Waals surface area contributed by atoms with Crippen LogP contribution in [0, 0.1) is 17.8 Å². The summed E-state index contributed by atoms with van der Waals surface area (Å²) in [6, 6.07) is 3.66. The molecule has 2 atom stereocenters. The minimum absolute atomic E-state index is 0.0558. The van der Waals surface area contributed by atoms with Crippen LogP contribution in [0.2, 0.25) is 0 Å². The van der Waals surface area contributed by atoms with Crippen molar-refractivity contribution in [3.05, 3.63) is 48.6 Å². The van der Waals surface area contributed by atoms with E-state index in [0.717, 1.165) is 6.92 Å². The molecule has 0 saturated heterocycles. The van der Waals surface area contributed by atoms with Gasteiger partial charge in [0.2, 0.25) is 12.3 Å². The maximum atomic E-state index is 12.7. The molecule has 0 radical (unpaired) electrons. The first kappa shape index (κ1) is 22.2. The highest BCUT2D eigenvalue weighted by atomic mass is 19.3. The van der Waals surface area contributed by atoms with Gasteiger partial charge in [0.1, 0.15) is 6.04 Å². The standard InChI is InChI=1S/C15H14F4N2O2.C2H4/c1-8(13(18)19)12(14(20)22)21-15(23)10-5-2-9(3-6-10)4-7-11(16)17;1-2/h2-3,5-6,8,11-13H,1H3,(H2,20,22)(H,21,23);1-2H2. The third-order valence-electron chi connectivity index (χ3n) is 2.99. The number of hydrogen-bond donors (Lipinski definition) is 2. The zero-order valence-electron chi connectivity index (χ0n) is 13.4. The van der Waals surface area contributed by atoms with Crippen LogP contribution in [0.25, 0.3) is 0 Å².